The number of benzene rings is 1. The summed E-state index contributed by atoms with van der Waals surface area (Å²) in [7, 11) is 0. The minimum Gasteiger partial charge on any atom is -0.294 e. The molecule has 5 nitrogen and oxygen atoms in total. The fourth-order valence-electron chi connectivity index (χ4n) is 2.40. The molecule has 3 rings (SSSR count). The number of amides is 1. The van der Waals surface area contributed by atoms with Gasteiger partial charge in [-0.05, 0) is 6.92 Å². The number of carbonyl (C=O) groups is 2. The Balaban J connectivity index is 1.78. The van der Waals surface area contributed by atoms with Crippen LogP contribution >= 0.6 is 23.1 Å². The van der Waals surface area contributed by atoms with Gasteiger partial charge in [0.15, 0.2) is 11.0 Å². The fourth-order valence-corrected chi connectivity index (χ4v) is 4.11. The van der Waals surface area contributed by atoms with Crippen molar-refractivity contribution in [1.29, 1.82) is 0 Å². The van der Waals surface area contributed by atoms with E-state index in [1.807, 2.05) is 24.4 Å². The van der Waals surface area contributed by atoms with E-state index in [0.717, 1.165) is 5.56 Å². The lowest BCUT2D eigenvalue weighted by Gasteiger charge is -2.13. The van der Waals surface area contributed by atoms with Crippen LogP contribution in [-0.2, 0) is 4.79 Å². The van der Waals surface area contributed by atoms with Crippen molar-refractivity contribution in [3.05, 3.63) is 59.6 Å². The van der Waals surface area contributed by atoms with Gasteiger partial charge in [0.1, 0.15) is 0 Å². The van der Waals surface area contributed by atoms with E-state index in [-0.39, 0.29) is 18.1 Å². The summed E-state index contributed by atoms with van der Waals surface area (Å²) in [6, 6.07) is 7.40. The molecule has 25 heavy (non-hydrogen) atoms. The maximum absolute atomic E-state index is 12.7. The molecule has 0 aliphatic carbocycles. The lowest BCUT2D eigenvalue weighted by Crippen LogP contribution is -2.32. The Bertz CT molecular complexity index is 813. The molecule has 1 fully saturated rings. The maximum atomic E-state index is 12.7. The van der Waals surface area contributed by atoms with Crippen molar-refractivity contribution < 1.29 is 9.59 Å². The number of nitrogens with zero attached hydrogens (tertiary/aromatic N) is 3. The van der Waals surface area contributed by atoms with Gasteiger partial charge in [-0.25, -0.2) is 4.98 Å². The second kappa shape index (κ2) is 7.76. The van der Waals surface area contributed by atoms with Gasteiger partial charge in [-0.2, -0.15) is 4.99 Å². The van der Waals surface area contributed by atoms with E-state index in [9.17, 15) is 9.59 Å². The summed E-state index contributed by atoms with van der Waals surface area (Å²) in [5.74, 6) is -0.152. The van der Waals surface area contributed by atoms with Crippen molar-refractivity contribution in [2.45, 2.75) is 18.6 Å². The number of thiazole rings is 1. The largest absolute Gasteiger partial charge is 0.294 e. The lowest BCUT2D eigenvalue weighted by molar-refractivity contribution is -0.125. The average molecular weight is 371 g/mol. The molecule has 0 radical (unpaired) electrons. The average Bonchev–Trinajstić information content (AvgIpc) is 3.20. The van der Waals surface area contributed by atoms with Crippen LogP contribution in [0, 0.1) is 6.92 Å². The maximum Gasteiger partial charge on any atom is 0.242 e. The number of aromatic nitrogens is 1. The van der Waals surface area contributed by atoms with E-state index in [4.69, 9.17) is 0 Å². The van der Waals surface area contributed by atoms with Crippen molar-refractivity contribution in [1.82, 2.24) is 9.88 Å². The molecule has 1 aliphatic heterocycles. The summed E-state index contributed by atoms with van der Waals surface area (Å²) in [5.41, 5.74) is 1.72. The van der Waals surface area contributed by atoms with Crippen LogP contribution in [0.5, 0.6) is 0 Å². The second-order valence-electron chi connectivity index (χ2n) is 5.55. The third-order valence-electron chi connectivity index (χ3n) is 3.69. The summed E-state index contributed by atoms with van der Waals surface area (Å²) in [5, 5.41) is 2.53. The highest BCUT2D eigenvalue weighted by Crippen LogP contribution is 2.32. The molecule has 1 amide bonds. The number of amidine groups is 1. The number of hydrogen-bond donors (Lipinski definition) is 0. The van der Waals surface area contributed by atoms with Gasteiger partial charge in [-0.3, -0.25) is 14.5 Å². The van der Waals surface area contributed by atoms with Gasteiger partial charge in [0.05, 0.1) is 5.25 Å². The molecule has 128 valence electrons. The van der Waals surface area contributed by atoms with Gasteiger partial charge in [0.25, 0.3) is 0 Å². The predicted molar refractivity (Wildman–Crippen MR) is 103 cm³/mol. The smallest absolute Gasteiger partial charge is 0.242 e. The van der Waals surface area contributed by atoms with Gasteiger partial charge in [-0.1, -0.05) is 47.7 Å². The third-order valence-corrected chi connectivity index (χ3v) is 5.53. The normalized spacial score (nSPS) is 18.8. The number of hydrogen-bond acceptors (Lipinski definition) is 6. The van der Waals surface area contributed by atoms with Gasteiger partial charge in [0, 0.05) is 30.1 Å². The highest BCUT2D eigenvalue weighted by atomic mass is 32.2. The van der Waals surface area contributed by atoms with Crippen molar-refractivity contribution in [3.8, 4) is 0 Å². The van der Waals surface area contributed by atoms with Gasteiger partial charge >= 0.3 is 0 Å². The van der Waals surface area contributed by atoms with Crippen LogP contribution in [0.25, 0.3) is 0 Å². The number of carbonyl (C=O) groups excluding carboxylic acids is 2. The standard InChI is InChI=1S/C18H17N3O2S2/c1-3-9-21-16(23)15(25-18(21)20-17-19-8-10-24-17)11-14(22)13-6-4-12(2)5-7-13/h3-8,10,15H,1,9,11H2,2H3/b20-18+. The molecule has 2 aromatic rings. The van der Waals surface area contributed by atoms with Crippen LogP contribution in [0.1, 0.15) is 22.3 Å². The van der Waals surface area contributed by atoms with Crippen LogP contribution in [0.3, 0.4) is 0 Å². The minimum atomic E-state index is -0.465. The molecule has 1 atom stereocenters. The van der Waals surface area contributed by atoms with E-state index in [1.165, 1.54) is 23.1 Å². The summed E-state index contributed by atoms with van der Waals surface area (Å²) in [6.45, 7) is 6.03. The predicted octanol–water partition coefficient (Wildman–Crippen LogP) is 3.84. The Morgan fingerprint density at radius 2 is 2.16 bits per heavy atom. The molecule has 1 aromatic heterocycles. The van der Waals surface area contributed by atoms with E-state index in [0.29, 0.717) is 22.4 Å². The van der Waals surface area contributed by atoms with Crippen LogP contribution < -0.4 is 0 Å². The Morgan fingerprint density at radius 3 is 2.80 bits per heavy atom. The zero-order chi connectivity index (χ0) is 17.8. The molecular formula is C18H17N3O2S2. The Hall–Kier alpha value is -2.25. The van der Waals surface area contributed by atoms with Crippen molar-refractivity contribution in [2.24, 2.45) is 4.99 Å². The molecule has 1 saturated heterocycles. The molecule has 0 N–H and O–H groups in total. The molecule has 1 aliphatic rings. The zero-order valence-electron chi connectivity index (χ0n) is 13.7. The van der Waals surface area contributed by atoms with E-state index < -0.39 is 5.25 Å². The number of aliphatic imine (C=N–C) groups is 1. The van der Waals surface area contributed by atoms with Crippen LogP contribution in [0.2, 0.25) is 0 Å². The summed E-state index contributed by atoms with van der Waals surface area (Å²) in [4.78, 5) is 35.3. The molecule has 0 saturated carbocycles. The van der Waals surface area contributed by atoms with Crippen molar-refractivity contribution in [2.75, 3.05) is 6.54 Å². The quantitative estimate of drug-likeness (QED) is 0.572. The topological polar surface area (TPSA) is 62.6 Å². The minimum absolute atomic E-state index is 0.0418. The first-order chi connectivity index (χ1) is 12.1. The Morgan fingerprint density at radius 1 is 1.40 bits per heavy atom. The molecule has 0 bridgehead atoms. The van der Waals surface area contributed by atoms with E-state index in [2.05, 4.69) is 16.6 Å². The van der Waals surface area contributed by atoms with E-state index >= 15 is 0 Å². The zero-order valence-corrected chi connectivity index (χ0v) is 15.3. The Kier molecular flexibility index (Phi) is 5.45. The van der Waals surface area contributed by atoms with Crippen molar-refractivity contribution in [3.63, 3.8) is 0 Å². The molecule has 7 heteroatoms. The van der Waals surface area contributed by atoms with Crippen LogP contribution in [0.4, 0.5) is 5.13 Å². The van der Waals surface area contributed by atoms with Crippen LogP contribution in [-0.4, -0.2) is 38.5 Å². The first kappa shape index (κ1) is 17.6. The second-order valence-corrected chi connectivity index (χ2v) is 7.59. The molecule has 0 spiro atoms. The highest BCUT2D eigenvalue weighted by molar-refractivity contribution is 8.15. The molecule has 1 aromatic carbocycles. The number of thioether (sulfide) groups is 1. The monoisotopic (exact) mass is 371 g/mol. The van der Waals surface area contributed by atoms with Crippen molar-refractivity contribution >= 4 is 45.1 Å². The third kappa shape index (κ3) is 4.05. The number of Topliss-reactive ketones (excluding diaryl/α,β-unsaturated/α-hetero) is 1. The first-order valence-corrected chi connectivity index (χ1v) is 9.51. The van der Waals surface area contributed by atoms with Gasteiger partial charge < -0.3 is 0 Å². The molecule has 1 unspecified atom stereocenters. The number of rotatable bonds is 6. The first-order valence-electron chi connectivity index (χ1n) is 7.75. The lowest BCUT2D eigenvalue weighted by atomic mass is 10.0. The summed E-state index contributed by atoms with van der Waals surface area (Å²) in [6.07, 6.45) is 3.47. The summed E-state index contributed by atoms with van der Waals surface area (Å²) >= 11 is 2.72. The number of aryl methyl sites for hydroxylation is 1. The van der Waals surface area contributed by atoms with Gasteiger partial charge in [0.2, 0.25) is 11.0 Å². The summed E-state index contributed by atoms with van der Waals surface area (Å²) < 4.78 is 0. The number of ketones is 1. The molecular weight excluding hydrogens is 354 g/mol. The Labute approximate surface area is 154 Å². The molecule has 2 heterocycles. The highest BCUT2D eigenvalue weighted by Gasteiger charge is 2.38. The van der Waals surface area contributed by atoms with Gasteiger partial charge in [-0.15, -0.1) is 17.9 Å². The van der Waals surface area contributed by atoms with Crippen LogP contribution in [0.15, 0.2) is 53.5 Å². The van der Waals surface area contributed by atoms with E-state index in [1.54, 1.807) is 29.3 Å². The SMILES string of the molecule is C=CCN1C(=O)C(CC(=O)c2ccc(C)cc2)S/C1=N/c1nccs1. The fraction of sp³-hybridized carbons (Fsp3) is 0.222.